The van der Waals surface area contributed by atoms with Crippen LogP contribution in [0.5, 0.6) is 0 Å². The largest absolute Gasteiger partial charge is 0.462 e. The first-order valence-corrected chi connectivity index (χ1v) is 7.43. The van der Waals surface area contributed by atoms with E-state index < -0.39 is 0 Å². The molecule has 0 aliphatic carbocycles. The first-order valence-electron chi connectivity index (χ1n) is 7.43. The molecule has 110 valence electrons. The Bertz CT molecular complexity index is 457. The van der Waals surface area contributed by atoms with Crippen molar-refractivity contribution >= 4 is 12.0 Å². The number of nitrogens with one attached hydrogen (secondary N) is 1. The maximum Gasteiger partial charge on any atom is 0.246 e. The summed E-state index contributed by atoms with van der Waals surface area (Å²) in [4.78, 5) is 14.0. The lowest BCUT2D eigenvalue weighted by Gasteiger charge is -2.31. The molecule has 0 atom stereocenters. The number of carbonyl (C=O) groups is 1. The highest BCUT2D eigenvalue weighted by molar-refractivity contribution is 5.91. The number of hydrogen-bond acceptors (Lipinski definition) is 3. The molecule has 0 bridgehead atoms. The monoisotopic (exact) mass is 276 g/mol. The van der Waals surface area contributed by atoms with Gasteiger partial charge in [0.05, 0.1) is 0 Å². The van der Waals surface area contributed by atoms with Crippen molar-refractivity contribution in [3.63, 3.8) is 0 Å². The van der Waals surface area contributed by atoms with E-state index in [0.29, 0.717) is 5.92 Å². The standard InChI is InChI=1S/C16H24N2O2/c1-3-17-12-14-8-10-18(11-9-14)16(19)7-6-15-5-4-13(2)20-15/h4-7,14,17H,3,8-12H2,1-2H3. The SMILES string of the molecule is CCNCC1CCN(C(=O)C=Cc2ccc(C)o2)CC1. The van der Waals surface area contributed by atoms with Gasteiger partial charge < -0.3 is 14.6 Å². The van der Waals surface area contributed by atoms with E-state index in [1.807, 2.05) is 24.0 Å². The van der Waals surface area contributed by atoms with Crippen molar-refractivity contribution in [2.45, 2.75) is 26.7 Å². The minimum absolute atomic E-state index is 0.0842. The zero-order valence-corrected chi connectivity index (χ0v) is 12.4. The Morgan fingerprint density at radius 2 is 2.20 bits per heavy atom. The molecule has 1 N–H and O–H groups in total. The smallest absolute Gasteiger partial charge is 0.246 e. The highest BCUT2D eigenvalue weighted by Crippen LogP contribution is 2.17. The van der Waals surface area contributed by atoms with Crippen LogP contribution in [0.15, 0.2) is 22.6 Å². The molecular weight excluding hydrogens is 252 g/mol. The normalized spacial score (nSPS) is 17.0. The Hall–Kier alpha value is -1.55. The summed E-state index contributed by atoms with van der Waals surface area (Å²) in [5.41, 5.74) is 0. The summed E-state index contributed by atoms with van der Waals surface area (Å²) in [5.74, 6) is 2.39. The second kappa shape index (κ2) is 7.29. The Labute approximate surface area is 120 Å². The molecule has 2 rings (SSSR count). The second-order valence-corrected chi connectivity index (χ2v) is 5.36. The van der Waals surface area contributed by atoms with Crippen LogP contribution in [-0.2, 0) is 4.79 Å². The van der Waals surface area contributed by atoms with Crippen LogP contribution in [0.4, 0.5) is 0 Å². The molecule has 1 aliphatic heterocycles. The fourth-order valence-corrected chi connectivity index (χ4v) is 2.51. The van der Waals surface area contributed by atoms with E-state index in [1.165, 1.54) is 0 Å². The zero-order chi connectivity index (χ0) is 14.4. The fraction of sp³-hybridized carbons (Fsp3) is 0.562. The second-order valence-electron chi connectivity index (χ2n) is 5.36. The number of likely N-dealkylation sites (tertiary alicyclic amines) is 1. The minimum atomic E-state index is 0.0842. The average Bonchev–Trinajstić information content (AvgIpc) is 2.89. The lowest BCUT2D eigenvalue weighted by atomic mass is 9.97. The number of nitrogens with zero attached hydrogens (tertiary/aromatic N) is 1. The van der Waals surface area contributed by atoms with Gasteiger partial charge in [-0.3, -0.25) is 4.79 Å². The third kappa shape index (κ3) is 4.23. The van der Waals surface area contributed by atoms with Crippen LogP contribution in [-0.4, -0.2) is 37.0 Å². The molecule has 0 radical (unpaired) electrons. The summed E-state index contributed by atoms with van der Waals surface area (Å²) in [5, 5.41) is 3.38. The summed E-state index contributed by atoms with van der Waals surface area (Å²) in [6, 6.07) is 3.78. The van der Waals surface area contributed by atoms with E-state index in [4.69, 9.17) is 4.42 Å². The van der Waals surface area contributed by atoms with Crippen molar-refractivity contribution in [2.24, 2.45) is 5.92 Å². The molecule has 0 unspecified atom stereocenters. The third-order valence-electron chi connectivity index (χ3n) is 3.76. The Kier molecular flexibility index (Phi) is 5.41. The fourth-order valence-electron chi connectivity index (χ4n) is 2.51. The van der Waals surface area contributed by atoms with Gasteiger partial charge in [0.15, 0.2) is 0 Å². The predicted molar refractivity (Wildman–Crippen MR) is 80.3 cm³/mol. The van der Waals surface area contributed by atoms with Crippen molar-refractivity contribution in [1.29, 1.82) is 0 Å². The quantitative estimate of drug-likeness (QED) is 0.840. The Morgan fingerprint density at radius 1 is 1.45 bits per heavy atom. The minimum Gasteiger partial charge on any atom is -0.462 e. The number of hydrogen-bond donors (Lipinski definition) is 1. The predicted octanol–water partition coefficient (Wildman–Crippen LogP) is 2.45. The zero-order valence-electron chi connectivity index (χ0n) is 12.4. The van der Waals surface area contributed by atoms with E-state index in [0.717, 1.165) is 50.5 Å². The van der Waals surface area contributed by atoms with Gasteiger partial charge >= 0.3 is 0 Å². The molecule has 4 nitrogen and oxygen atoms in total. The summed E-state index contributed by atoms with van der Waals surface area (Å²) < 4.78 is 5.42. The van der Waals surface area contributed by atoms with Crippen LogP contribution in [0.25, 0.3) is 6.08 Å². The molecule has 1 saturated heterocycles. The molecule has 1 fully saturated rings. The van der Waals surface area contributed by atoms with Crippen molar-refractivity contribution in [2.75, 3.05) is 26.2 Å². The van der Waals surface area contributed by atoms with Crippen molar-refractivity contribution in [3.8, 4) is 0 Å². The number of carbonyl (C=O) groups excluding carboxylic acids is 1. The van der Waals surface area contributed by atoms with Gasteiger partial charge in [-0.2, -0.15) is 0 Å². The maximum absolute atomic E-state index is 12.1. The highest BCUT2D eigenvalue weighted by Gasteiger charge is 2.20. The van der Waals surface area contributed by atoms with Gasteiger partial charge in [0, 0.05) is 19.2 Å². The van der Waals surface area contributed by atoms with E-state index >= 15 is 0 Å². The van der Waals surface area contributed by atoms with Crippen LogP contribution < -0.4 is 5.32 Å². The topological polar surface area (TPSA) is 45.5 Å². The molecule has 0 aromatic carbocycles. The first kappa shape index (κ1) is 14.9. The molecule has 20 heavy (non-hydrogen) atoms. The van der Waals surface area contributed by atoms with E-state index in [1.54, 1.807) is 12.2 Å². The van der Waals surface area contributed by atoms with Gasteiger partial charge in [0.1, 0.15) is 11.5 Å². The van der Waals surface area contributed by atoms with Crippen LogP contribution in [0.2, 0.25) is 0 Å². The van der Waals surface area contributed by atoms with Gasteiger partial charge in [-0.25, -0.2) is 0 Å². The van der Waals surface area contributed by atoms with E-state index in [-0.39, 0.29) is 5.91 Å². The first-order chi connectivity index (χ1) is 9.69. The molecule has 0 saturated carbocycles. The molecule has 4 heteroatoms. The summed E-state index contributed by atoms with van der Waals surface area (Å²) in [6.07, 6.45) is 5.54. The van der Waals surface area contributed by atoms with Gasteiger partial charge in [-0.05, 0) is 57.0 Å². The van der Waals surface area contributed by atoms with E-state index in [2.05, 4.69) is 12.2 Å². The molecule has 1 aromatic rings. The van der Waals surface area contributed by atoms with E-state index in [9.17, 15) is 4.79 Å². The highest BCUT2D eigenvalue weighted by atomic mass is 16.3. The lowest BCUT2D eigenvalue weighted by molar-refractivity contribution is -0.127. The average molecular weight is 276 g/mol. The van der Waals surface area contributed by atoms with Crippen LogP contribution in [0.3, 0.4) is 0 Å². The van der Waals surface area contributed by atoms with Gasteiger partial charge in [0.2, 0.25) is 5.91 Å². The van der Waals surface area contributed by atoms with Crippen molar-refractivity contribution in [1.82, 2.24) is 10.2 Å². The Balaban J connectivity index is 1.78. The molecule has 0 spiro atoms. The molecule has 1 aromatic heterocycles. The van der Waals surface area contributed by atoms with Gasteiger partial charge in [0.25, 0.3) is 0 Å². The van der Waals surface area contributed by atoms with Gasteiger partial charge in [-0.15, -0.1) is 0 Å². The van der Waals surface area contributed by atoms with Gasteiger partial charge in [-0.1, -0.05) is 6.92 Å². The number of amides is 1. The maximum atomic E-state index is 12.1. The molecular formula is C16H24N2O2. The molecule has 2 heterocycles. The van der Waals surface area contributed by atoms with Crippen molar-refractivity contribution in [3.05, 3.63) is 29.7 Å². The Morgan fingerprint density at radius 3 is 2.80 bits per heavy atom. The summed E-state index contributed by atoms with van der Waals surface area (Å²) >= 11 is 0. The third-order valence-corrected chi connectivity index (χ3v) is 3.76. The van der Waals surface area contributed by atoms with Crippen LogP contribution >= 0.6 is 0 Å². The van der Waals surface area contributed by atoms with Crippen molar-refractivity contribution < 1.29 is 9.21 Å². The number of piperidine rings is 1. The number of rotatable bonds is 5. The number of aryl methyl sites for hydroxylation is 1. The van der Waals surface area contributed by atoms with Crippen LogP contribution in [0, 0.1) is 12.8 Å². The molecule has 1 aliphatic rings. The lowest BCUT2D eigenvalue weighted by Crippen LogP contribution is -2.40. The number of furan rings is 1. The summed E-state index contributed by atoms with van der Waals surface area (Å²) in [6.45, 7) is 7.82. The summed E-state index contributed by atoms with van der Waals surface area (Å²) in [7, 11) is 0. The van der Waals surface area contributed by atoms with Crippen LogP contribution in [0.1, 0.15) is 31.3 Å². The molecule has 1 amide bonds.